The van der Waals surface area contributed by atoms with Crippen molar-refractivity contribution in [1.82, 2.24) is 14.7 Å². The molecule has 0 spiro atoms. The minimum absolute atomic E-state index is 0.0321. The van der Waals surface area contributed by atoms with Gasteiger partial charge in [-0.2, -0.15) is 15.3 Å². The zero-order valence-corrected chi connectivity index (χ0v) is 14.1. The van der Waals surface area contributed by atoms with Gasteiger partial charge >= 0.3 is 0 Å². The summed E-state index contributed by atoms with van der Waals surface area (Å²) in [5.41, 5.74) is 0.350. The molecule has 128 valence electrons. The van der Waals surface area contributed by atoms with Gasteiger partial charge in [0.1, 0.15) is 0 Å². The van der Waals surface area contributed by atoms with Gasteiger partial charge in [0, 0.05) is 31.9 Å². The van der Waals surface area contributed by atoms with E-state index in [2.05, 4.69) is 38.5 Å². The summed E-state index contributed by atoms with van der Waals surface area (Å²) < 4.78 is 1.97. The second kappa shape index (κ2) is 7.14. The van der Waals surface area contributed by atoms with Crippen LogP contribution in [0, 0.1) is 12.3 Å². The molecule has 3 rings (SSSR count). The van der Waals surface area contributed by atoms with E-state index in [4.69, 9.17) is 6.42 Å². The van der Waals surface area contributed by atoms with Crippen LogP contribution < -0.4 is 5.32 Å². The Bertz CT molecular complexity index is 644. The lowest BCUT2D eigenvalue weighted by atomic mass is 10.0. The summed E-state index contributed by atoms with van der Waals surface area (Å²) in [4.78, 5) is 14.4. The molecule has 0 unspecified atom stereocenters. The van der Waals surface area contributed by atoms with Crippen molar-refractivity contribution >= 4 is 11.6 Å². The number of carbonyl (C=O) groups is 1. The number of amides is 1. The SMILES string of the molecule is C#CCCC1(CCC(=O)Nc2cnn(C3CCN(C)CC3)c2)N=N1. The Morgan fingerprint density at radius 3 is 2.83 bits per heavy atom. The fourth-order valence-electron chi connectivity index (χ4n) is 3.07. The van der Waals surface area contributed by atoms with E-state index in [-0.39, 0.29) is 5.91 Å². The molecule has 1 saturated heterocycles. The molecule has 0 saturated carbocycles. The Morgan fingerprint density at radius 1 is 1.42 bits per heavy atom. The number of nitrogens with one attached hydrogen (secondary N) is 1. The molecule has 1 fully saturated rings. The lowest BCUT2D eigenvalue weighted by Crippen LogP contribution is -2.31. The number of hydrogen-bond donors (Lipinski definition) is 1. The summed E-state index contributed by atoms with van der Waals surface area (Å²) in [5.74, 6) is 2.56. The molecular formula is C17H24N6O. The van der Waals surface area contributed by atoms with Crippen molar-refractivity contribution in [3.05, 3.63) is 12.4 Å². The smallest absolute Gasteiger partial charge is 0.224 e. The van der Waals surface area contributed by atoms with Crippen LogP contribution >= 0.6 is 0 Å². The number of likely N-dealkylation sites (tertiary alicyclic amines) is 1. The van der Waals surface area contributed by atoms with E-state index in [0.29, 0.717) is 25.3 Å². The van der Waals surface area contributed by atoms with Gasteiger partial charge < -0.3 is 10.2 Å². The molecule has 7 nitrogen and oxygen atoms in total. The maximum absolute atomic E-state index is 12.1. The highest BCUT2D eigenvalue weighted by Crippen LogP contribution is 2.37. The van der Waals surface area contributed by atoms with Gasteiger partial charge in [0.05, 0.1) is 17.9 Å². The predicted molar refractivity (Wildman–Crippen MR) is 91.5 cm³/mol. The zero-order chi connectivity index (χ0) is 17.0. The summed E-state index contributed by atoms with van der Waals surface area (Å²) in [6.07, 6.45) is 13.5. The number of piperidine rings is 1. The van der Waals surface area contributed by atoms with Crippen molar-refractivity contribution in [3.8, 4) is 12.3 Å². The van der Waals surface area contributed by atoms with E-state index >= 15 is 0 Å². The van der Waals surface area contributed by atoms with Gasteiger partial charge in [-0.1, -0.05) is 0 Å². The van der Waals surface area contributed by atoms with Crippen LogP contribution in [0.3, 0.4) is 0 Å². The van der Waals surface area contributed by atoms with Crippen molar-refractivity contribution < 1.29 is 4.79 Å². The number of anilines is 1. The molecule has 24 heavy (non-hydrogen) atoms. The van der Waals surface area contributed by atoms with Crippen molar-refractivity contribution in [1.29, 1.82) is 0 Å². The molecule has 1 N–H and O–H groups in total. The number of rotatable bonds is 7. The van der Waals surface area contributed by atoms with E-state index in [1.807, 2.05) is 10.9 Å². The second-order valence-electron chi connectivity index (χ2n) is 6.68. The average Bonchev–Trinajstić information content (AvgIpc) is 3.21. The second-order valence-corrected chi connectivity index (χ2v) is 6.68. The van der Waals surface area contributed by atoms with Crippen LogP contribution in [-0.2, 0) is 4.79 Å². The van der Waals surface area contributed by atoms with Crippen LogP contribution in [0.15, 0.2) is 22.6 Å². The molecule has 0 aromatic carbocycles. The molecule has 2 aliphatic rings. The first-order valence-electron chi connectivity index (χ1n) is 8.50. The Labute approximate surface area is 142 Å². The van der Waals surface area contributed by atoms with Gasteiger partial charge in [0.2, 0.25) is 5.91 Å². The van der Waals surface area contributed by atoms with Gasteiger partial charge in [-0.05, 0) is 33.0 Å². The van der Waals surface area contributed by atoms with Crippen molar-refractivity contribution in [2.45, 2.75) is 50.2 Å². The minimum Gasteiger partial charge on any atom is -0.323 e. The highest BCUT2D eigenvalue weighted by atomic mass is 16.1. The number of terminal acetylenes is 1. The molecular weight excluding hydrogens is 304 g/mol. The molecule has 0 atom stereocenters. The maximum Gasteiger partial charge on any atom is 0.224 e. The summed E-state index contributed by atoms with van der Waals surface area (Å²) >= 11 is 0. The van der Waals surface area contributed by atoms with Crippen LogP contribution in [0.4, 0.5) is 5.69 Å². The first-order valence-corrected chi connectivity index (χ1v) is 8.50. The van der Waals surface area contributed by atoms with E-state index in [1.165, 1.54) is 0 Å². The average molecular weight is 328 g/mol. The first-order chi connectivity index (χ1) is 11.6. The molecule has 0 aliphatic carbocycles. The summed E-state index contributed by atoms with van der Waals surface area (Å²) in [5, 5.41) is 15.4. The van der Waals surface area contributed by atoms with Crippen molar-refractivity contribution in [3.63, 3.8) is 0 Å². The van der Waals surface area contributed by atoms with Crippen LogP contribution in [0.5, 0.6) is 0 Å². The summed E-state index contributed by atoms with van der Waals surface area (Å²) in [6.45, 7) is 2.16. The highest BCUT2D eigenvalue weighted by Gasteiger charge is 2.39. The molecule has 2 aliphatic heterocycles. The van der Waals surface area contributed by atoms with Crippen LogP contribution in [0.1, 0.15) is 44.6 Å². The van der Waals surface area contributed by atoms with Gasteiger partial charge in [-0.3, -0.25) is 9.48 Å². The predicted octanol–water partition coefficient (Wildman–Crippen LogP) is 2.44. The Kier molecular flexibility index (Phi) is 4.95. The molecule has 1 aromatic rings. The number of carbonyl (C=O) groups excluding carboxylic acids is 1. The van der Waals surface area contributed by atoms with Gasteiger partial charge in [-0.15, -0.1) is 12.3 Å². The normalized spacial score (nSPS) is 19.8. The molecule has 7 heteroatoms. The van der Waals surface area contributed by atoms with E-state index in [0.717, 1.165) is 38.0 Å². The monoisotopic (exact) mass is 328 g/mol. The Morgan fingerprint density at radius 2 is 2.17 bits per heavy atom. The van der Waals surface area contributed by atoms with Gasteiger partial charge in [0.25, 0.3) is 0 Å². The quantitative estimate of drug-likeness (QED) is 0.781. The largest absolute Gasteiger partial charge is 0.323 e. The molecule has 1 amide bonds. The molecule has 0 bridgehead atoms. The Hall–Kier alpha value is -2.20. The lowest BCUT2D eigenvalue weighted by Gasteiger charge is -2.28. The topological polar surface area (TPSA) is 74.9 Å². The van der Waals surface area contributed by atoms with Gasteiger partial charge in [0.15, 0.2) is 5.66 Å². The first kappa shape index (κ1) is 16.7. The zero-order valence-electron chi connectivity index (χ0n) is 14.1. The van der Waals surface area contributed by atoms with Crippen molar-refractivity contribution in [2.75, 3.05) is 25.5 Å². The highest BCUT2D eigenvalue weighted by molar-refractivity contribution is 5.90. The van der Waals surface area contributed by atoms with Crippen molar-refractivity contribution in [2.24, 2.45) is 10.2 Å². The standard InChI is InChI=1S/C17H24N6O/c1-3-4-8-17(20-21-17)9-5-16(24)19-14-12-18-23(13-14)15-6-10-22(2)11-7-15/h1,12-13,15H,4-11H2,2H3,(H,19,24). The maximum atomic E-state index is 12.1. The third-order valence-corrected chi connectivity index (χ3v) is 4.75. The van der Waals surface area contributed by atoms with Crippen LogP contribution in [0.25, 0.3) is 0 Å². The minimum atomic E-state index is -0.401. The van der Waals surface area contributed by atoms with Gasteiger partial charge in [-0.25, -0.2) is 0 Å². The molecule has 1 aromatic heterocycles. The molecule has 3 heterocycles. The fourth-order valence-corrected chi connectivity index (χ4v) is 3.07. The van der Waals surface area contributed by atoms with Crippen LogP contribution in [0.2, 0.25) is 0 Å². The van der Waals surface area contributed by atoms with E-state index in [9.17, 15) is 4.79 Å². The van der Waals surface area contributed by atoms with Crippen LogP contribution in [-0.4, -0.2) is 46.4 Å². The third-order valence-electron chi connectivity index (χ3n) is 4.75. The third kappa shape index (κ3) is 4.20. The number of aromatic nitrogens is 2. The fraction of sp³-hybridized carbons (Fsp3) is 0.647. The lowest BCUT2D eigenvalue weighted by molar-refractivity contribution is -0.116. The number of hydrogen-bond acceptors (Lipinski definition) is 5. The van der Waals surface area contributed by atoms with E-state index in [1.54, 1.807) is 6.20 Å². The van der Waals surface area contributed by atoms with E-state index < -0.39 is 5.66 Å². The Balaban J connectivity index is 1.45. The summed E-state index contributed by atoms with van der Waals surface area (Å²) in [7, 11) is 2.14. The molecule has 0 radical (unpaired) electrons. The summed E-state index contributed by atoms with van der Waals surface area (Å²) in [6, 6.07) is 0.419. The number of nitrogens with zero attached hydrogens (tertiary/aromatic N) is 5.